The van der Waals surface area contributed by atoms with Crippen LogP contribution in [0.15, 0.2) is 78.2 Å². The molecule has 4 rings (SSSR count). The fourth-order valence-electron chi connectivity index (χ4n) is 3.25. The zero-order valence-electron chi connectivity index (χ0n) is 18.6. The minimum atomic E-state index is -0.104. The highest BCUT2D eigenvalue weighted by molar-refractivity contribution is 7.98. The van der Waals surface area contributed by atoms with Gasteiger partial charge in [0.05, 0.1) is 6.61 Å². The van der Waals surface area contributed by atoms with E-state index in [0.29, 0.717) is 24.5 Å². The zero-order valence-corrected chi connectivity index (χ0v) is 19.4. The van der Waals surface area contributed by atoms with Crippen LogP contribution in [0.2, 0.25) is 0 Å². The lowest BCUT2D eigenvalue weighted by atomic mass is 10.1. The molecular weight excluding hydrogens is 434 g/mol. The summed E-state index contributed by atoms with van der Waals surface area (Å²) in [5.74, 6) is 1.37. The third-order valence-corrected chi connectivity index (χ3v) is 6.04. The van der Waals surface area contributed by atoms with Crippen LogP contribution in [0.3, 0.4) is 0 Å². The standard InChI is InChI=1S/C25H25N5O2S/c1-18-3-9-22(10-4-18)30-23(20-11-13-26-14-12-20)28-29-25(30)33-17-19-5-7-21(8-6-19)24(31)27-15-16-32-2/h3-14H,15-17H2,1-2H3,(H,27,31). The maximum Gasteiger partial charge on any atom is 0.251 e. The van der Waals surface area contributed by atoms with Crippen molar-refractivity contribution in [3.05, 3.63) is 89.7 Å². The Kier molecular flexibility index (Phi) is 7.49. The van der Waals surface area contributed by atoms with Crippen LogP contribution in [0.4, 0.5) is 0 Å². The fraction of sp³-hybridized carbons (Fsp3) is 0.200. The Morgan fingerprint density at radius 3 is 2.42 bits per heavy atom. The van der Waals surface area contributed by atoms with Gasteiger partial charge in [-0.05, 0) is 48.9 Å². The average Bonchev–Trinajstić information content (AvgIpc) is 3.28. The lowest BCUT2D eigenvalue weighted by Crippen LogP contribution is -2.26. The number of nitrogens with one attached hydrogen (secondary N) is 1. The van der Waals surface area contributed by atoms with E-state index < -0.39 is 0 Å². The Bertz CT molecular complexity index is 1190. The molecule has 168 valence electrons. The Morgan fingerprint density at radius 2 is 1.73 bits per heavy atom. The Hall–Kier alpha value is -3.49. The second-order valence-electron chi connectivity index (χ2n) is 7.45. The van der Waals surface area contributed by atoms with Gasteiger partial charge in [0.2, 0.25) is 0 Å². The van der Waals surface area contributed by atoms with Crippen LogP contribution in [0.5, 0.6) is 0 Å². The van der Waals surface area contributed by atoms with E-state index in [1.807, 2.05) is 36.4 Å². The van der Waals surface area contributed by atoms with Crippen LogP contribution in [-0.2, 0) is 10.5 Å². The van der Waals surface area contributed by atoms with Gasteiger partial charge >= 0.3 is 0 Å². The topological polar surface area (TPSA) is 81.9 Å². The summed E-state index contributed by atoms with van der Waals surface area (Å²) in [5.41, 5.74) is 4.87. The van der Waals surface area contributed by atoms with Crippen molar-refractivity contribution in [2.75, 3.05) is 20.3 Å². The molecule has 1 N–H and O–H groups in total. The predicted octanol–water partition coefficient (Wildman–Crippen LogP) is 4.31. The second-order valence-corrected chi connectivity index (χ2v) is 8.39. The molecule has 8 heteroatoms. The first-order chi connectivity index (χ1) is 16.2. The number of hydrogen-bond acceptors (Lipinski definition) is 6. The summed E-state index contributed by atoms with van der Waals surface area (Å²) < 4.78 is 7.03. The molecule has 1 amide bonds. The zero-order chi connectivity index (χ0) is 23.0. The van der Waals surface area contributed by atoms with E-state index in [-0.39, 0.29) is 5.91 Å². The smallest absolute Gasteiger partial charge is 0.251 e. The lowest BCUT2D eigenvalue weighted by molar-refractivity contribution is 0.0937. The average molecular weight is 460 g/mol. The minimum absolute atomic E-state index is 0.104. The lowest BCUT2D eigenvalue weighted by Gasteiger charge is -2.11. The van der Waals surface area contributed by atoms with Crippen molar-refractivity contribution in [2.24, 2.45) is 0 Å². The first-order valence-electron chi connectivity index (χ1n) is 10.6. The van der Waals surface area contributed by atoms with Gasteiger partial charge in [-0.15, -0.1) is 10.2 Å². The largest absolute Gasteiger partial charge is 0.383 e. The Balaban J connectivity index is 1.53. The van der Waals surface area contributed by atoms with Gasteiger partial charge in [0.15, 0.2) is 11.0 Å². The first-order valence-corrected chi connectivity index (χ1v) is 11.6. The number of ether oxygens (including phenoxy) is 1. The molecule has 0 saturated carbocycles. The van der Waals surface area contributed by atoms with Crippen molar-refractivity contribution >= 4 is 17.7 Å². The van der Waals surface area contributed by atoms with Gasteiger partial charge in [0, 0.05) is 48.6 Å². The second kappa shape index (κ2) is 10.9. The van der Waals surface area contributed by atoms with E-state index in [1.165, 1.54) is 5.56 Å². The molecule has 0 unspecified atom stereocenters. The van der Waals surface area contributed by atoms with E-state index >= 15 is 0 Å². The molecule has 0 atom stereocenters. The van der Waals surface area contributed by atoms with Gasteiger partial charge < -0.3 is 10.1 Å². The molecule has 4 aromatic rings. The number of nitrogens with zero attached hydrogens (tertiary/aromatic N) is 4. The van der Waals surface area contributed by atoms with Crippen LogP contribution in [0.25, 0.3) is 17.1 Å². The van der Waals surface area contributed by atoms with Crippen molar-refractivity contribution in [3.63, 3.8) is 0 Å². The van der Waals surface area contributed by atoms with Crippen LogP contribution < -0.4 is 5.32 Å². The van der Waals surface area contributed by atoms with Crippen molar-refractivity contribution in [2.45, 2.75) is 17.8 Å². The number of amides is 1. The Labute approximate surface area is 197 Å². The summed E-state index contributed by atoms with van der Waals surface area (Å²) in [4.78, 5) is 16.3. The minimum Gasteiger partial charge on any atom is -0.383 e. The molecule has 0 fully saturated rings. The maximum atomic E-state index is 12.2. The molecule has 0 saturated heterocycles. The highest BCUT2D eigenvalue weighted by Crippen LogP contribution is 2.29. The molecule has 2 aromatic carbocycles. The van der Waals surface area contributed by atoms with Crippen molar-refractivity contribution in [1.82, 2.24) is 25.1 Å². The molecule has 2 heterocycles. The molecule has 0 aliphatic rings. The normalized spacial score (nSPS) is 10.8. The van der Waals surface area contributed by atoms with Crippen LogP contribution >= 0.6 is 11.8 Å². The van der Waals surface area contributed by atoms with E-state index in [1.54, 1.807) is 31.3 Å². The molecule has 0 bridgehead atoms. The highest BCUT2D eigenvalue weighted by Gasteiger charge is 2.16. The molecule has 33 heavy (non-hydrogen) atoms. The Morgan fingerprint density at radius 1 is 1.00 bits per heavy atom. The van der Waals surface area contributed by atoms with Gasteiger partial charge in [-0.1, -0.05) is 41.6 Å². The molecule has 0 spiro atoms. The van der Waals surface area contributed by atoms with Gasteiger partial charge in [0.1, 0.15) is 0 Å². The highest BCUT2D eigenvalue weighted by atomic mass is 32.2. The third-order valence-electron chi connectivity index (χ3n) is 5.04. The molecule has 0 radical (unpaired) electrons. The number of aromatic nitrogens is 4. The van der Waals surface area contributed by atoms with Crippen LogP contribution in [0, 0.1) is 6.92 Å². The number of carbonyl (C=O) groups is 1. The van der Waals surface area contributed by atoms with Crippen LogP contribution in [0.1, 0.15) is 21.5 Å². The van der Waals surface area contributed by atoms with E-state index in [0.717, 1.165) is 27.8 Å². The summed E-state index contributed by atoms with van der Waals surface area (Å²) in [6.07, 6.45) is 3.51. The van der Waals surface area contributed by atoms with Crippen LogP contribution in [-0.4, -0.2) is 45.9 Å². The third kappa shape index (κ3) is 5.66. The quantitative estimate of drug-likeness (QED) is 0.297. The SMILES string of the molecule is COCCNC(=O)c1ccc(CSc2nnc(-c3ccncc3)n2-c2ccc(C)cc2)cc1. The predicted molar refractivity (Wildman–Crippen MR) is 130 cm³/mol. The number of hydrogen-bond donors (Lipinski definition) is 1. The number of methoxy groups -OCH3 is 1. The molecular formula is C25H25N5O2S. The van der Waals surface area contributed by atoms with Gasteiger partial charge in [0.25, 0.3) is 5.91 Å². The number of rotatable bonds is 9. The van der Waals surface area contributed by atoms with E-state index in [4.69, 9.17) is 4.74 Å². The van der Waals surface area contributed by atoms with Gasteiger partial charge in [-0.25, -0.2) is 0 Å². The van der Waals surface area contributed by atoms with Crippen molar-refractivity contribution < 1.29 is 9.53 Å². The van der Waals surface area contributed by atoms with E-state index in [2.05, 4.69) is 56.3 Å². The van der Waals surface area contributed by atoms with Crippen molar-refractivity contribution in [1.29, 1.82) is 0 Å². The molecule has 2 aromatic heterocycles. The summed E-state index contributed by atoms with van der Waals surface area (Å²) in [7, 11) is 1.61. The van der Waals surface area contributed by atoms with Gasteiger partial charge in [-0.2, -0.15) is 0 Å². The summed E-state index contributed by atoms with van der Waals surface area (Å²) >= 11 is 1.60. The van der Waals surface area contributed by atoms with Crippen molar-refractivity contribution in [3.8, 4) is 17.1 Å². The summed E-state index contributed by atoms with van der Waals surface area (Å²) in [5, 5.41) is 12.6. The summed E-state index contributed by atoms with van der Waals surface area (Å²) in [6, 6.07) is 19.8. The number of thioether (sulfide) groups is 1. The maximum absolute atomic E-state index is 12.2. The number of aryl methyl sites for hydroxylation is 1. The number of pyridine rings is 1. The first kappa shape index (κ1) is 22.7. The number of benzene rings is 2. The molecule has 7 nitrogen and oxygen atoms in total. The fourth-order valence-corrected chi connectivity index (χ4v) is 4.15. The number of carbonyl (C=O) groups excluding carboxylic acids is 1. The monoisotopic (exact) mass is 459 g/mol. The molecule has 0 aliphatic heterocycles. The van der Waals surface area contributed by atoms with E-state index in [9.17, 15) is 4.79 Å². The molecule has 0 aliphatic carbocycles. The van der Waals surface area contributed by atoms with Gasteiger partial charge in [-0.3, -0.25) is 14.3 Å². The summed E-state index contributed by atoms with van der Waals surface area (Å²) in [6.45, 7) is 3.04.